The highest BCUT2D eigenvalue weighted by Gasteiger charge is 2.32. The van der Waals surface area contributed by atoms with Crippen LogP contribution in [0.4, 0.5) is 0 Å². The molecule has 0 spiro atoms. The van der Waals surface area contributed by atoms with Crippen LogP contribution < -0.4 is 0 Å². The number of phosphoric ester groups is 1. The van der Waals surface area contributed by atoms with Crippen molar-refractivity contribution < 1.29 is 18.1 Å². The van der Waals surface area contributed by atoms with Crippen LogP contribution in [0.15, 0.2) is 36.4 Å². The molecule has 124 valence electrons. The highest BCUT2D eigenvalue weighted by molar-refractivity contribution is 7.48. The lowest BCUT2D eigenvalue weighted by Gasteiger charge is -2.23. The second kappa shape index (κ2) is 9.14. The van der Waals surface area contributed by atoms with Gasteiger partial charge in [-0.15, -0.1) is 0 Å². The molecule has 0 radical (unpaired) electrons. The Morgan fingerprint density at radius 2 is 1.64 bits per heavy atom. The third-order valence-electron chi connectivity index (χ3n) is 2.57. The lowest BCUT2D eigenvalue weighted by Crippen LogP contribution is -2.10. The molecule has 0 unspecified atom stereocenters. The Labute approximate surface area is 134 Å². The van der Waals surface area contributed by atoms with Crippen molar-refractivity contribution in [3.63, 3.8) is 0 Å². The topological polar surface area (TPSA) is 44.8 Å². The van der Waals surface area contributed by atoms with Gasteiger partial charge in [-0.25, -0.2) is 4.57 Å². The van der Waals surface area contributed by atoms with Crippen molar-refractivity contribution in [1.82, 2.24) is 0 Å². The van der Waals surface area contributed by atoms with Gasteiger partial charge in [0.25, 0.3) is 0 Å². The Morgan fingerprint density at radius 1 is 1.09 bits per heavy atom. The summed E-state index contributed by atoms with van der Waals surface area (Å²) in [5.41, 5.74) is 0.857. The van der Waals surface area contributed by atoms with Crippen molar-refractivity contribution in [2.75, 3.05) is 0 Å². The van der Waals surface area contributed by atoms with Gasteiger partial charge in [0, 0.05) is 5.56 Å². The van der Waals surface area contributed by atoms with Crippen LogP contribution in [0.5, 0.6) is 0 Å². The van der Waals surface area contributed by atoms with Crippen LogP contribution in [-0.2, 0) is 18.1 Å². The summed E-state index contributed by atoms with van der Waals surface area (Å²) in [6.45, 7) is 9.29. The molecule has 4 nitrogen and oxygen atoms in total. The highest BCUT2D eigenvalue weighted by atomic mass is 31.2. The van der Waals surface area contributed by atoms with Crippen LogP contribution in [0.3, 0.4) is 0 Å². The zero-order valence-corrected chi connectivity index (χ0v) is 15.0. The molecule has 0 saturated carbocycles. The summed E-state index contributed by atoms with van der Waals surface area (Å²) >= 11 is 0. The summed E-state index contributed by atoms with van der Waals surface area (Å²) < 4.78 is 29.5. The van der Waals surface area contributed by atoms with E-state index in [1.807, 2.05) is 36.4 Å². The maximum atomic E-state index is 12.9. The van der Waals surface area contributed by atoms with E-state index in [2.05, 4.69) is 6.92 Å². The summed E-state index contributed by atoms with van der Waals surface area (Å²) in [4.78, 5) is 0. The summed E-state index contributed by atoms with van der Waals surface area (Å²) in [6.07, 6.45) is 3.21. The molecule has 0 saturated heterocycles. The van der Waals surface area contributed by atoms with E-state index >= 15 is 0 Å². The molecule has 0 bridgehead atoms. The van der Waals surface area contributed by atoms with Gasteiger partial charge in [-0.3, -0.25) is 9.05 Å². The van der Waals surface area contributed by atoms with Gasteiger partial charge < -0.3 is 4.52 Å². The molecule has 1 aromatic rings. The SMILES string of the molecule is CCCC=C(OP(=O)(OC(C)C)OC(C)C)c1ccccc1. The third-order valence-corrected chi connectivity index (χ3v) is 4.35. The molecular formula is C17H27O4P. The Bertz CT molecular complexity index is 495. The van der Waals surface area contributed by atoms with Crippen molar-refractivity contribution in [3.05, 3.63) is 42.0 Å². The van der Waals surface area contributed by atoms with Crippen LogP contribution in [-0.4, -0.2) is 12.2 Å². The minimum absolute atomic E-state index is 0.257. The first-order valence-corrected chi connectivity index (χ1v) is 9.24. The lowest BCUT2D eigenvalue weighted by molar-refractivity contribution is 0.0975. The van der Waals surface area contributed by atoms with E-state index < -0.39 is 7.82 Å². The molecule has 0 amide bonds. The van der Waals surface area contributed by atoms with Crippen LogP contribution in [0.2, 0.25) is 0 Å². The molecule has 22 heavy (non-hydrogen) atoms. The van der Waals surface area contributed by atoms with Gasteiger partial charge in [0.05, 0.1) is 12.2 Å². The summed E-state index contributed by atoms with van der Waals surface area (Å²) in [6, 6.07) is 9.58. The van der Waals surface area contributed by atoms with Crippen LogP contribution in [0.1, 0.15) is 53.0 Å². The predicted octanol–water partition coefficient (Wildman–Crippen LogP) is 5.80. The van der Waals surface area contributed by atoms with Crippen LogP contribution >= 0.6 is 7.82 Å². The number of phosphoric acid groups is 1. The quantitative estimate of drug-likeness (QED) is 0.425. The maximum absolute atomic E-state index is 12.9. The Hall–Kier alpha value is -1.09. The van der Waals surface area contributed by atoms with Gasteiger partial charge in [-0.05, 0) is 40.2 Å². The molecule has 0 N–H and O–H groups in total. The van der Waals surface area contributed by atoms with E-state index in [4.69, 9.17) is 13.6 Å². The Kier molecular flexibility index (Phi) is 7.88. The van der Waals surface area contributed by atoms with Crippen LogP contribution in [0.25, 0.3) is 5.76 Å². The van der Waals surface area contributed by atoms with Gasteiger partial charge >= 0.3 is 7.82 Å². The molecule has 0 fully saturated rings. The van der Waals surface area contributed by atoms with E-state index in [1.54, 1.807) is 27.7 Å². The molecular weight excluding hydrogens is 299 g/mol. The fraction of sp³-hybridized carbons (Fsp3) is 0.529. The average molecular weight is 326 g/mol. The largest absolute Gasteiger partial charge is 0.530 e. The van der Waals surface area contributed by atoms with E-state index in [0.717, 1.165) is 18.4 Å². The molecule has 5 heteroatoms. The zero-order chi connectivity index (χ0) is 16.6. The van der Waals surface area contributed by atoms with E-state index in [9.17, 15) is 4.57 Å². The molecule has 0 aromatic heterocycles. The number of unbranched alkanes of at least 4 members (excludes halogenated alkanes) is 1. The smallest absolute Gasteiger partial charge is 0.404 e. The monoisotopic (exact) mass is 326 g/mol. The molecule has 0 aliphatic heterocycles. The Balaban J connectivity index is 3.05. The summed E-state index contributed by atoms with van der Waals surface area (Å²) in [7, 11) is -3.66. The first-order valence-electron chi connectivity index (χ1n) is 7.78. The minimum Gasteiger partial charge on any atom is -0.404 e. The minimum atomic E-state index is -3.66. The van der Waals surface area contributed by atoms with Gasteiger partial charge in [-0.1, -0.05) is 43.7 Å². The standard InChI is InChI=1S/C17H27O4P/c1-6-7-13-17(16-11-9-8-10-12-16)21-22(18,19-14(2)3)20-15(4)5/h8-15H,6-7H2,1-5H3. The fourth-order valence-corrected chi connectivity index (χ4v) is 3.38. The zero-order valence-electron chi connectivity index (χ0n) is 14.1. The molecule has 0 atom stereocenters. The van der Waals surface area contributed by atoms with Crippen molar-refractivity contribution in [2.45, 2.75) is 59.7 Å². The number of rotatable bonds is 9. The van der Waals surface area contributed by atoms with Gasteiger partial charge in [0.15, 0.2) is 0 Å². The number of hydrogen-bond acceptors (Lipinski definition) is 4. The van der Waals surface area contributed by atoms with E-state index in [1.165, 1.54) is 0 Å². The molecule has 0 aliphatic rings. The fourth-order valence-electron chi connectivity index (χ4n) is 1.79. The van der Waals surface area contributed by atoms with Crippen LogP contribution in [0, 0.1) is 0 Å². The highest BCUT2D eigenvalue weighted by Crippen LogP contribution is 2.54. The van der Waals surface area contributed by atoms with Gasteiger partial charge in [0.1, 0.15) is 5.76 Å². The van der Waals surface area contributed by atoms with E-state index in [-0.39, 0.29) is 12.2 Å². The normalized spacial score (nSPS) is 13.0. The second-order valence-electron chi connectivity index (χ2n) is 5.57. The summed E-state index contributed by atoms with van der Waals surface area (Å²) in [5.74, 6) is 0.534. The average Bonchev–Trinajstić information content (AvgIpc) is 2.42. The number of hydrogen-bond donors (Lipinski definition) is 0. The Morgan fingerprint density at radius 3 is 2.09 bits per heavy atom. The lowest BCUT2D eigenvalue weighted by atomic mass is 10.1. The van der Waals surface area contributed by atoms with Crippen molar-refractivity contribution in [2.24, 2.45) is 0 Å². The molecule has 0 heterocycles. The van der Waals surface area contributed by atoms with Gasteiger partial charge in [-0.2, -0.15) is 0 Å². The number of benzene rings is 1. The predicted molar refractivity (Wildman–Crippen MR) is 90.5 cm³/mol. The third kappa shape index (κ3) is 6.78. The van der Waals surface area contributed by atoms with Crippen molar-refractivity contribution >= 4 is 13.6 Å². The van der Waals surface area contributed by atoms with Crippen molar-refractivity contribution in [1.29, 1.82) is 0 Å². The maximum Gasteiger partial charge on any atom is 0.530 e. The second-order valence-corrected chi connectivity index (χ2v) is 7.07. The van der Waals surface area contributed by atoms with E-state index in [0.29, 0.717) is 5.76 Å². The first kappa shape index (κ1) is 19.0. The first-order chi connectivity index (χ1) is 10.4. The van der Waals surface area contributed by atoms with Crippen molar-refractivity contribution in [3.8, 4) is 0 Å². The molecule has 1 aromatic carbocycles. The molecule has 1 rings (SSSR count). The summed E-state index contributed by atoms with van der Waals surface area (Å²) in [5, 5.41) is 0. The van der Waals surface area contributed by atoms with Gasteiger partial charge in [0.2, 0.25) is 0 Å². The molecule has 0 aliphatic carbocycles. The number of allylic oxidation sites excluding steroid dienone is 1.